The average molecular weight is 521 g/mol. The average Bonchev–Trinajstić information content (AvgIpc) is 2.91. The summed E-state index contributed by atoms with van der Waals surface area (Å²) < 4.78 is 0. The van der Waals surface area contributed by atoms with Gasteiger partial charge >= 0.3 is 0 Å². The highest BCUT2D eigenvalue weighted by molar-refractivity contribution is 5.94. The molecule has 0 bridgehead atoms. The molecule has 0 radical (unpaired) electrons. The Morgan fingerprint density at radius 1 is 0.946 bits per heavy atom. The van der Waals surface area contributed by atoms with Gasteiger partial charge in [-0.25, -0.2) is 4.98 Å². The van der Waals surface area contributed by atoms with Gasteiger partial charge in [0.1, 0.15) is 5.82 Å². The molecule has 1 fully saturated rings. The quantitative estimate of drug-likeness (QED) is 0.127. The van der Waals surface area contributed by atoms with Crippen molar-refractivity contribution >= 4 is 11.7 Å². The number of anilines is 1. The van der Waals surface area contributed by atoms with Crippen LogP contribution < -0.4 is 4.90 Å². The molecule has 37 heavy (non-hydrogen) atoms. The number of rotatable bonds is 20. The van der Waals surface area contributed by atoms with Crippen LogP contribution in [-0.4, -0.2) is 71.8 Å². The van der Waals surface area contributed by atoms with Gasteiger partial charge in [-0.3, -0.25) is 9.69 Å². The lowest BCUT2D eigenvalue weighted by molar-refractivity contribution is -0.757. The molecule has 1 aromatic rings. The molecule has 0 aromatic carbocycles. The smallest absolute Gasteiger partial charge is 0.294 e. The molecule has 1 aliphatic heterocycles. The summed E-state index contributed by atoms with van der Waals surface area (Å²) in [5, 5.41) is 22.2. The first kappa shape index (κ1) is 30.8. The normalized spacial score (nSPS) is 14.1. The van der Waals surface area contributed by atoms with Crippen LogP contribution in [0.25, 0.3) is 0 Å². The number of unbranched alkanes of at least 4 members (excludes halogenated alkanes) is 11. The molecule has 0 unspecified atom stereocenters. The van der Waals surface area contributed by atoms with E-state index in [4.69, 9.17) is 0 Å². The molecule has 10 nitrogen and oxygen atoms in total. The van der Waals surface area contributed by atoms with Gasteiger partial charge < -0.3 is 20.0 Å². The Hall–Kier alpha value is -2.46. The van der Waals surface area contributed by atoms with Crippen LogP contribution in [0.2, 0.25) is 0 Å². The van der Waals surface area contributed by atoms with Crippen LogP contribution in [0, 0.1) is 15.3 Å². The highest BCUT2D eigenvalue weighted by Crippen LogP contribution is 2.16. The highest BCUT2D eigenvalue weighted by atomic mass is 16.9. The molecule has 0 saturated carbocycles. The summed E-state index contributed by atoms with van der Waals surface area (Å²) in [6.45, 7) is 7.67. The third-order valence-electron chi connectivity index (χ3n) is 6.91. The van der Waals surface area contributed by atoms with Gasteiger partial charge in [0.25, 0.3) is 5.09 Å². The number of hydrogen-bond donors (Lipinski definition) is 0. The lowest BCUT2D eigenvalue weighted by Gasteiger charge is -2.35. The third kappa shape index (κ3) is 13.1. The second kappa shape index (κ2) is 18.7. The fraction of sp³-hybridized carbons (Fsp3) is 0.778. The Kier molecular flexibility index (Phi) is 15.6. The van der Waals surface area contributed by atoms with Crippen LogP contribution in [-0.2, 0) is 4.84 Å². The molecular formula is C27H46N5O5-. The van der Waals surface area contributed by atoms with E-state index in [-0.39, 0.29) is 13.2 Å². The Morgan fingerprint density at radius 3 is 2.03 bits per heavy atom. The van der Waals surface area contributed by atoms with Crippen LogP contribution in [0.1, 0.15) is 101 Å². The van der Waals surface area contributed by atoms with Crippen molar-refractivity contribution in [1.29, 1.82) is 0 Å². The van der Waals surface area contributed by atoms with E-state index >= 15 is 0 Å². The largest absolute Gasteiger partial charge is 0.756 e. The van der Waals surface area contributed by atoms with E-state index in [1.165, 1.54) is 38.3 Å². The highest BCUT2D eigenvalue weighted by Gasteiger charge is 2.18. The zero-order chi connectivity index (χ0) is 26.7. The number of amides is 1. The minimum atomic E-state index is -0.732. The maximum Gasteiger partial charge on any atom is 0.294 e. The summed E-state index contributed by atoms with van der Waals surface area (Å²) in [7, 11) is 0. The first-order valence-electron chi connectivity index (χ1n) is 14.2. The fourth-order valence-electron chi connectivity index (χ4n) is 4.73. The molecule has 1 aromatic heterocycles. The van der Waals surface area contributed by atoms with Crippen molar-refractivity contribution in [1.82, 2.24) is 14.9 Å². The lowest BCUT2D eigenvalue weighted by Crippen LogP contribution is -2.46. The molecule has 0 spiro atoms. The topological polar surface area (TPSA) is 115 Å². The molecule has 1 amide bonds. The molecule has 0 aliphatic carbocycles. The van der Waals surface area contributed by atoms with E-state index in [1.54, 1.807) is 6.07 Å². The molecule has 2 heterocycles. The molecule has 10 heteroatoms. The van der Waals surface area contributed by atoms with Crippen molar-refractivity contribution in [3.8, 4) is 0 Å². The van der Waals surface area contributed by atoms with Crippen molar-refractivity contribution in [2.24, 2.45) is 0 Å². The molecule has 1 saturated heterocycles. The minimum Gasteiger partial charge on any atom is -0.756 e. The first-order valence-corrected chi connectivity index (χ1v) is 14.2. The summed E-state index contributed by atoms with van der Waals surface area (Å²) in [6, 6.07) is 3.57. The lowest BCUT2D eigenvalue weighted by atomic mass is 10.1. The number of hydrogen-bond acceptors (Lipinski definition) is 8. The van der Waals surface area contributed by atoms with Gasteiger partial charge in [0.15, 0.2) is 0 Å². The molecule has 2 rings (SSSR count). The Balaban J connectivity index is 1.46. The standard InChI is InChI=1S/C27H46N5O5/c1-2-17-29-19-21-30(22-20-29)26-16-15-25(24-28-26)27(33)31(34)18-13-11-9-7-5-3-4-6-8-10-12-14-23-37-32(35)36/h15-16,24H,2-14,17-23H2,1H3/q-1. The van der Waals surface area contributed by atoms with Gasteiger partial charge in [0.2, 0.25) is 5.91 Å². The van der Waals surface area contributed by atoms with Gasteiger partial charge in [-0.2, -0.15) is 0 Å². The molecule has 1 aliphatic rings. The predicted molar refractivity (Wildman–Crippen MR) is 146 cm³/mol. The van der Waals surface area contributed by atoms with Gasteiger partial charge in [0, 0.05) is 38.9 Å². The number of pyridine rings is 1. The zero-order valence-corrected chi connectivity index (χ0v) is 22.7. The van der Waals surface area contributed by atoms with E-state index in [1.807, 2.05) is 6.07 Å². The maximum absolute atomic E-state index is 12.5. The monoisotopic (exact) mass is 520 g/mol. The van der Waals surface area contributed by atoms with E-state index in [0.29, 0.717) is 10.6 Å². The number of piperazine rings is 1. The third-order valence-corrected chi connectivity index (χ3v) is 6.91. The van der Waals surface area contributed by atoms with E-state index in [2.05, 4.69) is 26.5 Å². The SMILES string of the molecule is CCCN1CCN(c2ccc(C(=O)N([O-])CCCCCCCCCCCCCCO[N+](=O)[O-])cn2)CC1. The van der Waals surface area contributed by atoms with Gasteiger partial charge in [-0.1, -0.05) is 71.1 Å². The number of carbonyl (C=O) groups is 1. The number of hydroxylamine groups is 2. The Bertz CT molecular complexity index is 756. The summed E-state index contributed by atoms with van der Waals surface area (Å²) in [5.41, 5.74) is 0.355. The van der Waals surface area contributed by atoms with Crippen LogP contribution in [0.4, 0.5) is 5.82 Å². The summed E-state index contributed by atoms with van der Waals surface area (Å²) in [6.07, 6.45) is 15.4. The minimum absolute atomic E-state index is 0.201. The van der Waals surface area contributed by atoms with Crippen molar-refractivity contribution in [2.75, 3.05) is 50.8 Å². The van der Waals surface area contributed by atoms with Crippen molar-refractivity contribution < 1.29 is 14.7 Å². The first-order chi connectivity index (χ1) is 18.0. The van der Waals surface area contributed by atoms with Crippen LogP contribution >= 0.6 is 0 Å². The summed E-state index contributed by atoms with van der Waals surface area (Å²) in [5.74, 6) is 0.363. The molecule has 0 atom stereocenters. The Labute approximate surface area is 222 Å². The molecular weight excluding hydrogens is 474 g/mol. The summed E-state index contributed by atoms with van der Waals surface area (Å²) in [4.78, 5) is 35.9. The summed E-state index contributed by atoms with van der Waals surface area (Å²) >= 11 is 0. The predicted octanol–water partition coefficient (Wildman–Crippen LogP) is 5.44. The number of aromatic nitrogens is 1. The van der Waals surface area contributed by atoms with Crippen molar-refractivity contribution in [3.63, 3.8) is 0 Å². The van der Waals surface area contributed by atoms with Crippen molar-refractivity contribution in [3.05, 3.63) is 39.2 Å². The fourth-order valence-corrected chi connectivity index (χ4v) is 4.73. The van der Waals surface area contributed by atoms with Gasteiger partial charge in [0.05, 0.1) is 12.2 Å². The van der Waals surface area contributed by atoms with Crippen LogP contribution in [0.5, 0.6) is 0 Å². The van der Waals surface area contributed by atoms with Gasteiger partial charge in [-0.15, -0.1) is 10.1 Å². The van der Waals surface area contributed by atoms with Crippen molar-refractivity contribution in [2.45, 2.75) is 90.4 Å². The molecule has 0 N–H and O–H groups in total. The van der Waals surface area contributed by atoms with E-state index in [0.717, 1.165) is 89.9 Å². The second-order valence-electron chi connectivity index (χ2n) is 9.94. The van der Waals surface area contributed by atoms with E-state index < -0.39 is 11.0 Å². The van der Waals surface area contributed by atoms with Crippen LogP contribution in [0.15, 0.2) is 18.3 Å². The Morgan fingerprint density at radius 2 is 1.51 bits per heavy atom. The maximum atomic E-state index is 12.5. The van der Waals surface area contributed by atoms with Gasteiger partial charge in [-0.05, 0) is 37.9 Å². The van der Waals surface area contributed by atoms with Crippen LogP contribution in [0.3, 0.4) is 0 Å². The number of carbonyl (C=O) groups excluding carboxylic acids is 1. The molecule has 210 valence electrons. The zero-order valence-electron chi connectivity index (χ0n) is 22.7. The second-order valence-corrected chi connectivity index (χ2v) is 9.94. The number of nitrogens with zero attached hydrogens (tertiary/aromatic N) is 5. The van der Waals surface area contributed by atoms with E-state index in [9.17, 15) is 20.1 Å².